The van der Waals surface area contributed by atoms with Crippen molar-refractivity contribution in [3.63, 3.8) is 0 Å². The summed E-state index contributed by atoms with van der Waals surface area (Å²) in [4.78, 5) is 38.9. The minimum Gasteiger partial charge on any atom is -0.486 e. The molecule has 0 N–H and O–H groups in total. The van der Waals surface area contributed by atoms with E-state index in [-0.39, 0.29) is 18.4 Å². The second-order valence-electron chi connectivity index (χ2n) is 6.85. The fourth-order valence-electron chi connectivity index (χ4n) is 3.43. The highest BCUT2D eigenvalue weighted by molar-refractivity contribution is 5.97. The average molecular weight is 397 g/mol. The zero-order valence-corrected chi connectivity index (χ0v) is 16.3. The Morgan fingerprint density at radius 1 is 1.03 bits per heavy atom. The third-order valence-electron chi connectivity index (χ3n) is 4.98. The van der Waals surface area contributed by atoms with E-state index in [9.17, 15) is 9.59 Å². The van der Waals surface area contributed by atoms with Gasteiger partial charge in [-0.25, -0.2) is 9.97 Å². The number of fused-ring (bicyclic) bond motifs is 1. The van der Waals surface area contributed by atoms with Crippen molar-refractivity contribution < 1.29 is 19.1 Å². The molecule has 9 nitrogen and oxygen atoms in total. The monoisotopic (exact) mass is 397 g/mol. The predicted octanol–water partition coefficient (Wildman–Crippen LogP) is 0.950. The van der Waals surface area contributed by atoms with Gasteiger partial charge in [-0.2, -0.15) is 0 Å². The standard InChI is InChI=1S/C20H23N5O4/c1-15(26)25(16-3-4-17-18(13-16)29-12-11-28-17)14-19(27)23-7-9-24(10-8-23)20-21-5-2-6-22-20/h2-6,13H,7-12,14H2,1H3. The van der Waals surface area contributed by atoms with Crippen LogP contribution in [-0.4, -0.2) is 72.6 Å². The predicted molar refractivity (Wildman–Crippen MR) is 106 cm³/mol. The summed E-state index contributed by atoms with van der Waals surface area (Å²) < 4.78 is 11.1. The Morgan fingerprint density at radius 3 is 2.41 bits per heavy atom. The van der Waals surface area contributed by atoms with E-state index in [1.54, 1.807) is 41.6 Å². The first-order valence-corrected chi connectivity index (χ1v) is 9.59. The highest BCUT2D eigenvalue weighted by Gasteiger charge is 2.26. The molecule has 1 aromatic carbocycles. The smallest absolute Gasteiger partial charge is 0.242 e. The first-order valence-electron chi connectivity index (χ1n) is 9.59. The van der Waals surface area contributed by atoms with Gasteiger partial charge in [0.25, 0.3) is 0 Å². The quantitative estimate of drug-likeness (QED) is 0.759. The fourth-order valence-corrected chi connectivity index (χ4v) is 3.43. The van der Waals surface area contributed by atoms with E-state index in [4.69, 9.17) is 9.47 Å². The van der Waals surface area contributed by atoms with Crippen molar-refractivity contribution in [1.29, 1.82) is 0 Å². The van der Waals surface area contributed by atoms with Crippen LogP contribution in [0.2, 0.25) is 0 Å². The molecule has 1 fully saturated rings. The molecule has 1 saturated heterocycles. The van der Waals surface area contributed by atoms with Crippen molar-refractivity contribution in [2.45, 2.75) is 6.92 Å². The van der Waals surface area contributed by atoms with E-state index in [2.05, 4.69) is 9.97 Å². The van der Waals surface area contributed by atoms with Gasteiger partial charge in [0.2, 0.25) is 17.8 Å². The summed E-state index contributed by atoms with van der Waals surface area (Å²) in [6.45, 7) is 4.82. The third-order valence-corrected chi connectivity index (χ3v) is 4.98. The van der Waals surface area contributed by atoms with Crippen molar-refractivity contribution >= 4 is 23.5 Å². The Kier molecular flexibility index (Phi) is 5.46. The Hall–Kier alpha value is -3.36. The van der Waals surface area contributed by atoms with Gasteiger partial charge in [0.05, 0.1) is 0 Å². The van der Waals surface area contributed by atoms with Crippen molar-refractivity contribution in [2.24, 2.45) is 0 Å². The normalized spacial score (nSPS) is 15.8. The summed E-state index contributed by atoms with van der Waals surface area (Å²) in [6, 6.07) is 7.06. The molecule has 29 heavy (non-hydrogen) atoms. The van der Waals surface area contributed by atoms with Crippen LogP contribution in [0.5, 0.6) is 11.5 Å². The van der Waals surface area contributed by atoms with Crippen LogP contribution < -0.4 is 19.3 Å². The van der Waals surface area contributed by atoms with Gasteiger partial charge in [0, 0.05) is 57.3 Å². The summed E-state index contributed by atoms with van der Waals surface area (Å²) in [5, 5.41) is 0. The number of piperazine rings is 1. The van der Waals surface area contributed by atoms with Crippen molar-refractivity contribution in [3.8, 4) is 11.5 Å². The maximum Gasteiger partial charge on any atom is 0.242 e. The topological polar surface area (TPSA) is 88.1 Å². The molecule has 1 aromatic heterocycles. The number of hydrogen-bond acceptors (Lipinski definition) is 7. The molecule has 3 heterocycles. The molecule has 2 aliphatic rings. The van der Waals surface area contributed by atoms with Gasteiger partial charge in [-0.3, -0.25) is 9.59 Å². The molecule has 2 aliphatic heterocycles. The first kappa shape index (κ1) is 19.0. The van der Waals surface area contributed by atoms with Crippen molar-refractivity contribution in [2.75, 3.05) is 55.7 Å². The lowest BCUT2D eigenvalue weighted by atomic mass is 10.2. The fraction of sp³-hybridized carbons (Fsp3) is 0.400. The number of carbonyl (C=O) groups is 2. The van der Waals surface area contributed by atoms with E-state index < -0.39 is 0 Å². The Labute approximate surface area is 168 Å². The van der Waals surface area contributed by atoms with E-state index in [0.29, 0.717) is 62.5 Å². The van der Waals surface area contributed by atoms with E-state index in [1.807, 2.05) is 4.90 Å². The molecule has 0 aliphatic carbocycles. The second kappa shape index (κ2) is 8.34. The van der Waals surface area contributed by atoms with Crippen LogP contribution in [0.15, 0.2) is 36.7 Å². The SMILES string of the molecule is CC(=O)N(CC(=O)N1CCN(c2ncccn2)CC1)c1ccc2c(c1)OCCO2. The van der Waals surface area contributed by atoms with Crippen LogP contribution in [0.25, 0.3) is 0 Å². The number of ether oxygens (including phenoxy) is 2. The molecule has 0 atom stereocenters. The molecular weight excluding hydrogens is 374 g/mol. The number of nitrogens with zero attached hydrogens (tertiary/aromatic N) is 5. The zero-order valence-electron chi connectivity index (χ0n) is 16.3. The zero-order chi connectivity index (χ0) is 20.2. The summed E-state index contributed by atoms with van der Waals surface area (Å²) in [6.07, 6.45) is 3.41. The molecule has 4 rings (SSSR count). The molecule has 2 amide bonds. The molecule has 152 valence electrons. The van der Waals surface area contributed by atoms with Crippen LogP contribution in [0.3, 0.4) is 0 Å². The number of carbonyl (C=O) groups excluding carboxylic acids is 2. The van der Waals surface area contributed by atoms with Crippen LogP contribution >= 0.6 is 0 Å². The maximum atomic E-state index is 12.8. The number of rotatable bonds is 4. The summed E-state index contributed by atoms with van der Waals surface area (Å²) >= 11 is 0. The summed E-state index contributed by atoms with van der Waals surface area (Å²) in [5.74, 6) is 1.61. The van der Waals surface area contributed by atoms with Gasteiger partial charge < -0.3 is 24.2 Å². The molecule has 0 bridgehead atoms. The summed E-state index contributed by atoms with van der Waals surface area (Å²) in [7, 11) is 0. The number of aromatic nitrogens is 2. The largest absolute Gasteiger partial charge is 0.486 e. The molecule has 2 aromatic rings. The lowest BCUT2D eigenvalue weighted by Crippen LogP contribution is -2.52. The first-order chi connectivity index (χ1) is 14.1. The Bertz CT molecular complexity index is 884. The van der Waals surface area contributed by atoms with Gasteiger partial charge in [-0.05, 0) is 18.2 Å². The van der Waals surface area contributed by atoms with Gasteiger partial charge in [0.1, 0.15) is 19.8 Å². The van der Waals surface area contributed by atoms with Gasteiger partial charge in [0.15, 0.2) is 11.5 Å². The van der Waals surface area contributed by atoms with Crippen LogP contribution in [0.1, 0.15) is 6.92 Å². The minimum atomic E-state index is -0.202. The average Bonchev–Trinajstić information content (AvgIpc) is 2.77. The molecule has 0 saturated carbocycles. The van der Waals surface area contributed by atoms with Crippen molar-refractivity contribution in [3.05, 3.63) is 36.7 Å². The van der Waals surface area contributed by atoms with Gasteiger partial charge in [-0.1, -0.05) is 0 Å². The lowest BCUT2D eigenvalue weighted by molar-refractivity contribution is -0.131. The Morgan fingerprint density at radius 2 is 1.72 bits per heavy atom. The number of benzene rings is 1. The molecule has 0 unspecified atom stereocenters. The minimum absolute atomic E-state index is 0.0170. The number of amides is 2. The van der Waals surface area contributed by atoms with Crippen LogP contribution in [0, 0.1) is 0 Å². The van der Waals surface area contributed by atoms with Crippen LogP contribution in [-0.2, 0) is 9.59 Å². The maximum absolute atomic E-state index is 12.8. The highest BCUT2D eigenvalue weighted by atomic mass is 16.6. The van der Waals surface area contributed by atoms with Crippen molar-refractivity contribution in [1.82, 2.24) is 14.9 Å². The third kappa shape index (κ3) is 4.23. The molecule has 0 spiro atoms. The van der Waals surface area contributed by atoms with Crippen LogP contribution in [0.4, 0.5) is 11.6 Å². The van der Waals surface area contributed by atoms with E-state index in [1.165, 1.54) is 11.8 Å². The molecule has 9 heteroatoms. The van der Waals surface area contributed by atoms with E-state index >= 15 is 0 Å². The van der Waals surface area contributed by atoms with E-state index in [0.717, 1.165) is 0 Å². The molecular formula is C20H23N5O4. The lowest BCUT2D eigenvalue weighted by Gasteiger charge is -2.35. The van der Waals surface area contributed by atoms with Gasteiger partial charge in [-0.15, -0.1) is 0 Å². The number of anilines is 2. The summed E-state index contributed by atoms with van der Waals surface area (Å²) in [5.41, 5.74) is 0.617. The number of hydrogen-bond donors (Lipinski definition) is 0. The molecule has 0 radical (unpaired) electrons. The van der Waals surface area contributed by atoms with Gasteiger partial charge >= 0.3 is 0 Å². The highest BCUT2D eigenvalue weighted by Crippen LogP contribution is 2.34. The Balaban J connectivity index is 1.40. The second-order valence-corrected chi connectivity index (χ2v) is 6.85.